The maximum absolute atomic E-state index is 13.5. The minimum absolute atomic E-state index is 0.0360. The predicted molar refractivity (Wildman–Crippen MR) is 68.1 cm³/mol. The Balaban J connectivity index is 2.28. The maximum atomic E-state index is 13.5. The number of nitrogens with zero attached hydrogens (tertiary/aromatic N) is 1. The van der Waals surface area contributed by atoms with Gasteiger partial charge in [-0.2, -0.15) is 0 Å². The second kappa shape index (κ2) is 5.14. The van der Waals surface area contributed by atoms with Gasteiger partial charge in [-0.05, 0) is 24.3 Å². The van der Waals surface area contributed by atoms with Crippen molar-refractivity contribution in [3.05, 3.63) is 58.5 Å². The van der Waals surface area contributed by atoms with Gasteiger partial charge in [0.25, 0.3) is 0 Å². The third-order valence-electron chi connectivity index (χ3n) is 2.41. The van der Waals surface area contributed by atoms with Gasteiger partial charge in [-0.25, -0.2) is 9.37 Å². The SMILES string of the molecule is Nc1cccc(CC(=O)c2c(F)cccc2Cl)n1. The van der Waals surface area contributed by atoms with Gasteiger partial charge in [-0.1, -0.05) is 23.7 Å². The summed E-state index contributed by atoms with van der Waals surface area (Å²) >= 11 is 5.82. The summed E-state index contributed by atoms with van der Waals surface area (Å²) in [6.45, 7) is 0. The molecule has 0 aliphatic heterocycles. The quantitative estimate of drug-likeness (QED) is 0.868. The lowest BCUT2D eigenvalue weighted by molar-refractivity contribution is 0.0988. The molecule has 0 fully saturated rings. The summed E-state index contributed by atoms with van der Waals surface area (Å²) in [5.41, 5.74) is 5.89. The molecule has 0 bridgehead atoms. The van der Waals surface area contributed by atoms with Crippen LogP contribution in [0, 0.1) is 5.82 Å². The number of carbonyl (C=O) groups excluding carboxylic acids is 1. The number of hydrogen-bond donors (Lipinski definition) is 1. The number of ketones is 1. The normalized spacial score (nSPS) is 10.3. The van der Waals surface area contributed by atoms with Crippen molar-refractivity contribution in [3.63, 3.8) is 0 Å². The standard InChI is InChI=1S/C13H10ClFN2O/c14-9-4-2-5-10(15)13(9)11(18)7-8-3-1-6-12(16)17-8/h1-6H,7H2,(H2,16,17). The van der Waals surface area contributed by atoms with Gasteiger partial charge in [0.15, 0.2) is 5.78 Å². The van der Waals surface area contributed by atoms with E-state index in [2.05, 4.69) is 4.98 Å². The summed E-state index contributed by atoms with van der Waals surface area (Å²) in [5, 5.41) is 0.101. The molecule has 0 aliphatic carbocycles. The number of nitrogens with two attached hydrogens (primary N) is 1. The van der Waals surface area contributed by atoms with Gasteiger partial charge >= 0.3 is 0 Å². The molecule has 92 valence electrons. The molecule has 0 saturated carbocycles. The van der Waals surface area contributed by atoms with Crippen LogP contribution >= 0.6 is 11.6 Å². The lowest BCUT2D eigenvalue weighted by atomic mass is 10.1. The molecule has 0 spiro atoms. The highest BCUT2D eigenvalue weighted by Crippen LogP contribution is 2.20. The number of halogens is 2. The van der Waals surface area contributed by atoms with Gasteiger partial charge < -0.3 is 5.73 Å². The molecule has 18 heavy (non-hydrogen) atoms. The Morgan fingerprint density at radius 3 is 2.67 bits per heavy atom. The van der Waals surface area contributed by atoms with Gasteiger partial charge in [-0.15, -0.1) is 0 Å². The van der Waals surface area contributed by atoms with Crippen molar-refractivity contribution in [1.29, 1.82) is 0 Å². The van der Waals surface area contributed by atoms with E-state index >= 15 is 0 Å². The van der Waals surface area contributed by atoms with Crippen LogP contribution in [0.1, 0.15) is 16.1 Å². The van der Waals surface area contributed by atoms with Crippen molar-refractivity contribution < 1.29 is 9.18 Å². The summed E-state index contributed by atoms with van der Waals surface area (Å²) in [6.07, 6.45) is -0.0360. The summed E-state index contributed by atoms with van der Waals surface area (Å²) in [5.74, 6) is -0.729. The van der Waals surface area contributed by atoms with E-state index in [9.17, 15) is 9.18 Å². The first-order chi connectivity index (χ1) is 8.58. The number of nitrogen functional groups attached to an aromatic ring is 1. The fourth-order valence-electron chi connectivity index (χ4n) is 1.61. The molecule has 0 amide bonds. The third-order valence-corrected chi connectivity index (χ3v) is 2.73. The molecule has 0 aliphatic rings. The van der Waals surface area contributed by atoms with Gasteiger partial charge in [0, 0.05) is 0 Å². The van der Waals surface area contributed by atoms with E-state index in [1.807, 2.05) is 0 Å². The second-order valence-electron chi connectivity index (χ2n) is 3.75. The number of anilines is 1. The summed E-state index contributed by atoms with van der Waals surface area (Å²) < 4.78 is 13.5. The topological polar surface area (TPSA) is 56.0 Å². The molecular weight excluding hydrogens is 255 g/mol. The predicted octanol–water partition coefficient (Wildman–Crippen LogP) is 2.88. The van der Waals surface area contributed by atoms with Crippen molar-refractivity contribution in [3.8, 4) is 0 Å². The minimum Gasteiger partial charge on any atom is -0.384 e. The molecule has 0 radical (unpaired) electrons. The first-order valence-electron chi connectivity index (χ1n) is 5.26. The van der Waals surface area contributed by atoms with E-state index in [-0.39, 0.29) is 17.0 Å². The van der Waals surface area contributed by atoms with Crippen LogP contribution < -0.4 is 5.73 Å². The Hall–Kier alpha value is -1.94. The van der Waals surface area contributed by atoms with Crippen molar-refractivity contribution in [2.24, 2.45) is 0 Å². The number of benzene rings is 1. The molecule has 1 heterocycles. The molecule has 2 N–H and O–H groups in total. The van der Waals surface area contributed by atoms with E-state index in [4.69, 9.17) is 17.3 Å². The number of aromatic nitrogens is 1. The van der Waals surface area contributed by atoms with Crippen LogP contribution in [-0.4, -0.2) is 10.8 Å². The van der Waals surface area contributed by atoms with Crippen molar-refractivity contribution in [1.82, 2.24) is 4.98 Å². The maximum Gasteiger partial charge on any atom is 0.173 e. The average Bonchev–Trinajstić information content (AvgIpc) is 2.28. The van der Waals surface area contributed by atoms with Crippen LogP contribution in [-0.2, 0) is 6.42 Å². The number of pyridine rings is 1. The Morgan fingerprint density at radius 2 is 2.00 bits per heavy atom. The smallest absolute Gasteiger partial charge is 0.173 e. The highest BCUT2D eigenvalue weighted by atomic mass is 35.5. The zero-order valence-electron chi connectivity index (χ0n) is 9.36. The fourth-order valence-corrected chi connectivity index (χ4v) is 1.88. The molecule has 0 atom stereocenters. The zero-order valence-corrected chi connectivity index (χ0v) is 10.1. The minimum atomic E-state index is -0.628. The average molecular weight is 265 g/mol. The summed E-state index contributed by atoms with van der Waals surface area (Å²) in [6, 6.07) is 9.09. The lowest BCUT2D eigenvalue weighted by Gasteiger charge is -2.05. The van der Waals surface area contributed by atoms with Crippen LogP contribution in [0.2, 0.25) is 5.02 Å². The van der Waals surface area contributed by atoms with Crippen molar-refractivity contribution in [2.75, 3.05) is 5.73 Å². The first-order valence-corrected chi connectivity index (χ1v) is 5.64. The molecule has 1 aromatic carbocycles. The van der Waals surface area contributed by atoms with Crippen LogP contribution in [0.4, 0.5) is 10.2 Å². The molecule has 0 saturated heterocycles. The molecule has 0 unspecified atom stereocenters. The van der Waals surface area contributed by atoms with E-state index in [1.165, 1.54) is 18.2 Å². The third kappa shape index (κ3) is 2.65. The summed E-state index contributed by atoms with van der Waals surface area (Å²) in [7, 11) is 0. The van der Waals surface area contributed by atoms with Gasteiger partial charge in [0.1, 0.15) is 11.6 Å². The van der Waals surface area contributed by atoms with Crippen LogP contribution in [0.3, 0.4) is 0 Å². The van der Waals surface area contributed by atoms with Gasteiger partial charge in [-0.3, -0.25) is 4.79 Å². The highest BCUT2D eigenvalue weighted by Gasteiger charge is 2.16. The van der Waals surface area contributed by atoms with Crippen LogP contribution in [0.15, 0.2) is 36.4 Å². The van der Waals surface area contributed by atoms with E-state index in [0.717, 1.165) is 0 Å². The van der Waals surface area contributed by atoms with E-state index in [1.54, 1.807) is 18.2 Å². The molecule has 3 nitrogen and oxygen atoms in total. The molecule has 5 heteroatoms. The fraction of sp³-hybridized carbons (Fsp3) is 0.0769. The Labute approximate surface area is 108 Å². The van der Waals surface area contributed by atoms with Gasteiger partial charge in [0.2, 0.25) is 0 Å². The monoisotopic (exact) mass is 264 g/mol. The largest absolute Gasteiger partial charge is 0.384 e. The first kappa shape index (κ1) is 12.5. The van der Waals surface area contributed by atoms with Crippen LogP contribution in [0.25, 0.3) is 0 Å². The number of rotatable bonds is 3. The molecule has 1 aromatic heterocycles. The molecule has 2 aromatic rings. The molecular formula is C13H10ClFN2O. The van der Waals surface area contributed by atoms with Crippen molar-refractivity contribution in [2.45, 2.75) is 6.42 Å². The Kier molecular flexibility index (Phi) is 3.58. The zero-order chi connectivity index (χ0) is 13.1. The number of hydrogen-bond acceptors (Lipinski definition) is 3. The Bertz CT molecular complexity index is 581. The van der Waals surface area contributed by atoms with Crippen LogP contribution in [0.5, 0.6) is 0 Å². The van der Waals surface area contributed by atoms with Gasteiger partial charge in [0.05, 0.1) is 22.7 Å². The van der Waals surface area contributed by atoms with Crippen molar-refractivity contribution >= 4 is 23.2 Å². The highest BCUT2D eigenvalue weighted by molar-refractivity contribution is 6.34. The summed E-state index contributed by atoms with van der Waals surface area (Å²) in [4.78, 5) is 16.0. The second-order valence-corrected chi connectivity index (χ2v) is 4.16. The number of Topliss-reactive ketones (excluding diaryl/α,β-unsaturated/α-hetero) is 1. The number of carbonyl (C=O) groups is 1. The van der Waals surface area contributed by atoms with E-state index < -0.39 is 11.6 Å². The lowest BCUT2D eigenvalue weighted by Crippen LogP contribution is -2.08. The van der Waals surface area contributed by atoms with E-state index in [0.29, 0.717) is 11.5 Å². The molecule has 2 rings (SSSR count). The Morgan fingerprint density at radius 1 is 1.28 bits per heavy atom.